The monoisotopic (exact) mass is 285 g/mol. The molecule has 1 saturated heterocycles. The highest BCUT2D eigenvalue weighted by Crippen LogP contribution is 2.34. The molecule has 104 valence electrons. The summed E-state index contributed by atoms with van der Waals surface area (Å²) < 4.78 is 13.6. The van der Waals surface area contributed by atoms with E-state index in [2.05, 4.69) is 0 Å². The lowest BCUT2D eigenvalue weighted by atomic mass is 9.92. The summed E-state index contributed by atoms with van der Waals surface area (Å²) in [6, 6.07) is 2.89. The van der Waals surface area contributed by atoms with Crippen molar-refractivity contribution in [1.82, 2.24) is 0 Å². The molecule has 1 aromatic rings. The number of nitrogens with zero attached hydrogens (tertiary/aromatic N) is 1. The van der Waals surface area contributed by atoms with Gasteiger partial charge < -0.3 is 16.4 Å². The highest BCUT2D eigenvalue weighted by atomic mass is 35.5. The van der Waals surface area contributed by atoms with Crippen molar-refractivity contribution in [3.8, 4) is 0 Å². The zero-order valence-electron chi connectivity index (χ0n) is 10.7. The minimum atomic E-state index is -0.515. The van der Waals surface area contributed by atoms with E-state index >= 15 is 0 Å². The smallest absolute Gasteiger partial charge is 0.222 e. The number of primary amides is 1. The second kappa shape index (κ2) is 5.25. The van der Waals surface area contributed by atoms with E-state index in [0.29, 0.717) is 17.9 Å². The van der Waals surface area contributed by atoms with E-state index in [1.807, 2.05) is 11.8 Å². The van der Waals surface area contributed by atoms with Crippen molar-refractivity contribution in [2.75, 3.05) is 17.2 Å². The van der Waals surface area contributed by atoms with Crippen molar-refractivity contribution >= 4 is 28.9 Å². The molecule has 1 aliphatic rings. The van der Waals surface area contributed by atoms with Gasteiger partial charge in [0.15, 0.2) is 0 Å². The molecular weight excluding hydrogens is 269 g/mol. The molecule has 1 aliphatic heterocycles. The molecule has 4 N–H and O–H groups in total. The summed E-state index contributed by atoms with van der Waals surface area (Å²) >= 11 is 5.69. The average Bonchev–Trinajstić information content (AvgIpc) is 2.34. The van der Waals surface area contributed by atoms with Gasteiger partial charge in [0.05, 0.1) is 22.3 Å². The molecule has 2 atom stereocenters. The summed E-state index contributed by atoms with van der Waals surface area (Å²) in [6.45, 7) is 2.48. The highest BCUT2D eigenvalue weighted by Gasteiger charge is 2.30. The minimum Gasteiger partial charge on any atom is -0.397 e. The molecule has 6 heteroatoms. The molecule has 0 spiro atoms. The first-order valence-electron chi connectivity index (χ1n) is 6.20. The van der Waals surface area contributed by atoms with Crippen LogP contribution in [0.3, 0.4) is 0 Å². The molecule has 2 unspecified atom stereocenters. The van der Waals surface area contributed by atoms with Gasteiger partial charge in [0.25, 0.3) is 0 Å². The Bertz CT molecular complexity index is 509. The van der Waals surface area contributed by atoms with Crippen LogP contribution in [-0.2, 0) is 4.79 Å². The number of anilines is 2. The van der Waals surface area contributed by atoms with E-state index in [0.717, 1.165) is 12.8 Å². The first-order valence-corrected chi connectivity index (χ1v) is 6.58. The molecule has 0 saturated carbocycles. The first kappa shape index (κ1) is 13.9. The fourth-order valence-corrected chi connectivity index (χ4v) is 2.65. The number of piperidine rings is 1. The van der Waals surface area contributed by atoms with Crippen molar-refractivity contribution in [3.63, 3.8) is 0 Å². The summed E-state index contributed by atoms with van der Waals surface area (Å²) in [5.74, 6) is -1.07. The van der Waals surface area contributed by atoms with Gasteiger partial charge in [-0.25, -0.2) is 4.39 Å². The first-order chi connectivity index (χ1) is 8.90. The van der Waals surface area contributed by atoms with E-state index in [-0.39, 0.29) is 22.9 Å². The van der Waals surface area contributed by atoms with Gasteiger partial charge in [-0.1, -0.05) is 11.6 Å². The Balaban J connectivity index is 2.33. The van der Waals surface area contributed by atoms with Crippen LogP contribution < -0.4 is 16.4 Å². The third kappa shape index (κ3) is 2.76. The van der Waals surface area contributed by atoms with Crippen LogP contribution >= 0.6 is 11.6 Å². The average molecular weight is 286 g/mol. The van der Waals surface area contributed by atoms with Gasteiger partial charge in [-0.15, -0.1) is 0 Å². The zero-order valence-corrected chi connectivity index (χ0v) is 11.5. The summed E-state index contributed by atoms with van der Waals surface area (Å²) in [7, 11) is 0. The van der Waals surface area contributed by atoms with Gasteiger partial charge in [0, 0.05) is 18.7 Å². The van der Waals surface area contributed by atoms with E-state index in [9.17, 15) is 9.18 Å². The van der Waals surface area contributed by atoms with Gasteiger partial charge in [-0.05, 0) is 25.8 Å². The molecule has 1 amide bonds. The fraction of sp³-hybridized carbons (Fsp3) is 0.462. The van der Waals surface area contributed by atoms with Crippen LogP contribution in [0, 0.1) is 11.7 Å². The third-order valence-electron chi connectivity index (χ3n) is 3.66. The van der Waals surface area contributed by atoms with Crippen molar-refractivity contribution in [2.24, 2.45) is 11.7 Å². The molecule has 1 heterocycles. The second-order valence-electron chi connectivity index (χ2n) is 5.00. The van der Waals surface area contributed by atoms with Gasteiger partial charge >= 0.3 is 0 Å². The lowest BCUT2D eigenvalue weighted by Crippen LogP contribution is -2.46. The van der Waals surface area contributed by atoms with Gasteiger partial charge in [-0.2, -0.15) is 0 Å². The lowest BCUT2D eigenvalue weighted by molar-refractivity contribution is -0.122. The molecule has 0 aliphatic carbocycles. The van der Waals surface area contributed by atoms with E-state index in [4.69, 9.17) is 23.1 Å². The maximum Gasteiger partial charge on any atom is 0.222 e. The Morgan fingerprint density at radius 1 is 1.47 bits per heavy atom. The zero-order chi connectivity index (χ0) is 14.2. The summed E-state index contributed by atoms with van der Waals surface area (Å²) in [6.07, 6.45) is 1.57. The van der Waals surface area contributed by atoms with E-state index in [1.165, 1.54) is 12.1 Å². The largest absolute Gasteiger partial charge is 0.397 e. The molecule has 4 nitrogen and oxygen atoms in total. The van der Waals surface area contributed by atoms with Crippen LogP contribution in [0.25, 0.3) is 0 Å². The molecule has 0 radical (unpaired) electrons. The number of nitrogen functional groups attached to an aromatic ring is 1. The van der Waals surface area contributed by atoms with Crippen molar-refractivity contribution in [3.05, 3.63) is 23.0 Å². The molecule has 2 rings (SSSR count). The molecule has 0 aromatic heterocycles. The maximum atomic E-state index is 13.6. The summed E-state index contributed by atoms with van der Waals surface area (Å²) in [5.41, 5.74) is 12.2. The Hall–Kier alpha value is -1.49. The number of hydrogen-bond donors (Lipinski definition) is 2. The predicted octanol–water partition coefficient (Wildman–Crippen LogP) is 2.15. The Morgan fingerprint density at radius 2 is 2.16 bits per heavy atom. The van der Waals surface area contributed by atoms with Crippen molar-refractivity contribution in [2.45, 2.75) is 25.8 Å². The second-order valence-corrected chi connectivity index (χ2v) is 5.41. The van der Waals surface area contributed by atoms with Crippen LogP contribution in [0.4, 0.5) is 15.8 Å². The minimum absolute atomic E-state index is 0.00244. The van der Waals surface area contributed by atoms with Crippen LogP contribution in [-0.4, -0.2) is 18.5 Å². The van der Waals surface area contributed by atoms with Gasteiger partial charge in [0.1, 0.15) is 5.82 Å². The molecule has 1 aromatic carbocycles. The van der Waals surface area contributed by atoms with Crippen molar-refractivity contribution < 1.29 is 9.18 Å². The normalized spacial score (nSPS) is 23.4. The van der Waals surface area contributed by atoms with E-state index in [1.54, 1.807) is 0 Å². The van der Waals surface area contributed by atoms with Crippen molar-refractivity contribution in [1.29, 1.82) is 0 Å². The third-order valence-corrected chi connectivity index (χ3v) is 3.95. The van der Waals surface area contributed by atoms with Gasteiger partial charge in [-0.3, -0.25) is 4.79 Å². The van der Waals surface area contributed by atoms with Gasteiger partial charge in [0.2, 0.25) is 5.91 Å². The Kier molecular flexibility index (Phi) is 3.85. The molecule has 0 bridgehead atoms. The molecule has 19 heavy (non-hydrogen) atoms. The highest BCUT2D eigenvalue weighted by molar-refractivity contribution is 6.31. The lowest BCUT2D eigenvalue weighted by Gasteiger charge is -2.39. The number of carbonyl (C=O) groups excluding carboxylic acids is 1. The summed E-state index contributed by atoms with van der Waals surface area (Å²) in [5, 5.41) is -0.00244. The predicted molar refractivity (Wildman–Crippen MR) is 74.5 cm³/mol. The SMILES string of the molecule is CC1CCC(C(N)=O)CN1c1cc(F)c(Cl)cc1N. The summed E-state index contributed by atoms with van der Waals surface area (Å²) in [4.78, 5) is 13.2. The topological polar surface area (TPSA) is 72.4 Å². The number of rotatable bonds is 2. The molecular formula is C13H17ClFN3O. The number of halogens is 2. The number of amides is 1. The number of nitrogens with two attached hydrogens (primary N) is 2. The standard InChI is InChI=1S/C13H17ClFN3O/c1-7-2-3-8(13(17)19)6-18(7)12-5-10(15)9(14)4-11(12)16/h4-5,7-8H,2-3,6,16H2,1H3,(H2,17,19). The number of hydrogen-bond acceptors (Lipinski definition) is 3. The van der Waals surface area contributed by atoms with Crippen LogP contribution in [0.1, 0.15) is 19.8 Å². The quantitative estimate of drug-likeness (QED) is 0.818. The number of carbonyl (C=O) groups is 1. The van der Waals surface area contributed by atoms with Crippen LogP contribution in [0.2, 0.25) is 5.02 Å². The van der Waals surface area contributed by atoms with Crippen LogP contribution in [0.5, 0.6) is 0 Å². The Morgan fingerprint density at radius 3 is 2.79 bits per heavy atom. The number of benzene rings is 1. The van der Waals surface area contributed by atoms with E-state index < -0.39 is 5.82 Å². The molecule has 1 fully saturated rings. The Labute approximate surface area is 116 Å². The fourth-order valence-electron chi connectivity index (χ4n) is 2.48. The maximum absolute atomic E-state index is 13.6. The van der Waals surface area contributed by atoms with Crippen LogP contribution in [0.15, 0.2) is 12.1 Å².